The van der Waals surface area contributed by atoms with Gasteiger partial charge in [-0.15, -0.1) is 0 Å². The average molecular weight is 302 g/mol. The zero-order chi connectivity index (χ0) is 14.7. The summed E-state index contributed by atoms with van der Waals surface area (Å²) in [5.41, 5.74) is 0.854. The quantitative estimate of drug-likeness (QED) is 0.689. The number of pyridine rings is 1. The van der Waals surface area contributed by atoms with Crippen LogP contribution in [-0.4, -0.2) is 22.1 Å². The van der Waals surface area contributed by atoms with E-state index in [9.17, 15) is 0 Å². The number of methoxy groups -OCH3 is 1. The van der Waals surface area contributed by atoms with Crippen LogP contribution in [0.15, 0.2) is 42.6 Å². The van der Waals surface area contributed by atoms with Crippen LogP contribution < -0.4 is 4.74 Å². The monoisotopic (exact) mass is 301 g/mol. The number of fused-ring (bicyclic) bond motifs is 1. The highest BCUT2D eigenvalue weighted by molar-refractivity contribution is 6.29. The van der Waals surface area contributed by atoms with Crippen LogP contribution in [0, 0.1) is 0 Å². The second-order valence-corrected chi connectivity index (χ2v) is 4.69. The first-order valence-corrected chi connectivity index (χ1v) is 6.68. The van der Waals surface area contributed by atoms with Gasteiger partial charge in [-0.3, -0.25) is 4.98 Å². The Hall–Kier alpha value is -2.24. The van der Waals surface area contributed by atoms with Gasteiger partial charge in [-0.1, -0.05) is 17.7 Å². The number of rotatable bonds is 4. The van der Waals surface area contributed by atoms with Gasteiger partial charge in [0.05, 0.1) is 5.52 Å². The minimum atomic E-state index is 0.272. The molecule has 2 aromatic heterocycles. The summed E-state index contributed by atoms with van der Waals surface area (Å²) in [6.45, 7) is 0.272. The molecule has 1 aromatic carbocycles. The van der Waals surface area contributed by atoms with Gasteiger partial charge in [0, 0.05) is 24.8 Å². The lowest BCUT2D eigenvalue weighted by atomic mass is 10.2. The molecule has 0 amide bonds. The number of benzene rings is 1. The first-order chi connectivity index (χ1) is 10.3. The van der Waals surface area contributed by atoms with Gasteiger partial charge in [-0.05, 0) is 24.3 Å². The van der Waals surface area contributed by atoms with Crippen molar-refractivity contribution in [2.45, 2.75) is 6.61 Å². The van der Waals surface area contributed by atoms with Crippen LogP contribution in [0.4, 0.5) is 0 Å². The Morgan fingerprint density at radius 1 is 1.14 bits per heavy atom. The predicted molar refractivity (Wildman–Crippen MR) is 79.6 cm³/mol. The number of halogens is 1. The van der Waals surface area contributed by atoms with Gasteiger partial charge in [0.1, 0.15) is 17.5 Å². The summed E-state index contributed by atoms with van der Waals surface area (Å²) in [4.78, 5) is 12.6. The second kappa shape index (κ2) is 6.03. The zero-order valence-electron chi connectivity index (χ0n) is 11.3. The van der Waals surface area contributed by atoms with Crippen LogP contribution in [0.3, 0.4) is 0 Å². The van der Waals surface area contributed by atoms with Gasteiger partial charge < -0.3 is 9.47 Å². The molecule has 0 unspecified atom stereocenters. The van der Waals surface area contributed by atoms with Gasteiger partial charge in [0.15, 0.2) is 5.82 Å². The minimum absolute atomic E-state index is 0.272. The minimum Gasteiger partial charge on any atom is -0.438 e. The fraction of sp³-hybridized carbons (Fsp3) is 0.133. The van der Waals surface area contributed by atoms with Crippen molar-refractivity contribution in [2.75, 3.05) is 7.11 Å². The molecule has 6 heteroatoms. The van der Waals surface area contributed by atoms with Crippen LogP contribution in [0.25, 0.3) is 10.9 Å². The first-order valence-electron chi connectivity index (χ1n) is 6.30. The molecule has 0 fully saturated rings. The summed E-state index contributed by atoms with van der Waals surface area (Å²) in [6, 6.07) is 11.0. The Labute approximate surface area is 126 Å². The van der Waals surface area contributed by atoms with E-state index in [1.165, 1.54) is 0 Å². The molecule has 5 nitrogen and oxygen atoms in total. The van der Waals surface area contributed by atoms with Gasteiger partial charge in [0.2, 0.25) is 5.88 Å². The average Bonchev–Trinajstić information content (AvgIpc) is 2.47. The van der Waals surface area contributed by atoms with Crippen molar-refractivity contribution in [3.63, 3.8) is 0 Å². The van der Waals surface area contributed by atoms with Crippen molar-refractivity contribution in [3.8, 4) is 11.6 Å². The lowest BCUT2D eigenvalue weighted by Gasteiger charge is -2.09. The molecule has 0 spiro atoms. The Morgan fingerprint density at radius 3 is 2.90 bits per heavy atom. The van der Waals surface area contributed by atoms with Gasteiger partial charge in [-0.25, -0.2) is 4.98 Å². The Balaban J connectivity index is 1.98. The topological polar surface area (TPSA) is 57.1 Å². The Kier molecular flexibility index (Phi) is 3.94. The van der Waals surface area contributed by atoms with Crippen molar-refractivity contribution in [2.24, 2.45) is 0 Å². The number of hydrogen-bond donors (Lipinski definition) is 0. The van der Waals surface area contributed by atoms with Gasteiger partial charge in [-0.2, -0.15) is 4.98 Å². The second-order valence-electron chi connectivity index (χ2n) is 4.31. The SMILES string of the molecule is COCc1nc(Cl)cc(Oc2cccc3ncccc23)n1. The number of nitrogens with zero attached hydrogens (tertiary/aromatic N) is 3. The van der Waals surface area contributed by atoms with E-state index in [1.807, 2.05) is 30.3 Å². The summed E-state index contributed by atoms with van der Waals surface area (Å²) in [5.74, 6) is 1.51. The summed E-state index contributed by atoms with van der Waals surface area (Å²) in [7, 11) is 1.57. The molecule has 21 heavy (non-hydrogen) atoms. The highest BCUT2D eigenvalue weighted by Crippen LogP contribution is 2.28. The van der Waals surface area contributed by atoms with E-state index >= 15 is 0 Å². The van der Waals surface area contributed by atoms with Crippen molar-refractivity contribution in [1.82, 2.24) is 15.0 Å². The standard InChI is InChI=1S/C15H12ClN3O2/c1-20-9-14-18-13(16)8-15(19-14)21-12-6-2-5-11-10(12)4-3-7-17-11/h2-8H,9H2,1H3. The molecule has 0 N–H and O–H groups in total. The normalized spacial score (nSPS) is 10.8. The van der Waals surface area contributed by atoms with E-state index in [2.05, 4.69) is 15.0 Å². The lowest BCUT2D eigenvalue weighted by Crippen LogP contribution is -1.99. The molecule has 0 aliphatic heterocycles. The van der Waals surface area contributed by atoms with Crippen molar-refractivity contribution < 1.29 is 9.47 Å². The highest BCUT2D eigenvalue weighted by atomic mass is 35.5. The van der Waals surface area contributed by atoms with E-state index in [-0.39, 0.29) is 6.61 Å². The van der Waals surface area contributed by atoms with Crippen molar-refractivity contribution in [1.29, 1.82) is 0 Å². The molecule has 0 atom stereocenters. The predicted octanol–water partition coefficient (Wildman–Crippen LogP) is 3.62. The Morgan fingerprint density at radius 2 is 2.05 bits per heavy atom. The van der Waals surface area contributed by atoms with Crippen molar-refractivity contribution >= 4 is 22.5 Å². The van der Waals surface area contributed by atoms with Crippen LogP contribution in [0.2, 0.25) is 5.15 Å². The molecule has 3 rings (SSSR count). The smallest absolute Gasteiger partial charge is 0.224 e. The third-order valence-electron chi connectivity index (χ3n) is 2.81. The van der Waals surface area contributed by atoms with E-state index in [0.717, 1.165) is 10.9 Å². The summed E-state index contributed by atoms with van der Waals surface area (Å²) < 4.78 is 10.8. The Bertz CT molecular complexity index is 774. The van der Waals surface area contributed by atoms with Gasteiger partial charge in [0.25, 0.3) is 0 Å². The van der Waals surface area contributed by atoms with E-state index in [4.69, 9.17) is 21.1 Å². The largest absolute Gasteiger partial charge is 0.438 e. The fourth-order valence-corrected chi connectivity index (χ4v) is 2.16. The number of aromatic nitrogens is 3. The van der Waals surface area contributed by atoms with E-state index in [0.29, 0.717) is 22.6 Å². The molecule has 0 saturated heterocycles. The molecule has 3 aromatic rings. The summed E-state index contributed by atoms with van der Waals surface area (Å²) in [5, 5.41) is 1.22. The van der Waals surface area contributed by atoms with Crippen molar-refractivity contribution in [3.05, 3.63) is 53.6 Å². The molecular formula is C15H12ClN3O2. The molecule has 106 valence electrons. The molecular weight excluding hydrogens is 290 g/mol. The summed E-state index contributed by atoms with van der Waals surface area (Å²) in [6.07, 6.45) is 1.74. The van der Waals surface area contributed by atoms with Crippen LogP contribution in [-0.2, 0) is 11.3 Å². The van der Waals surface area contributed by atoms with E-state index < -0.39 is 0 Å². The van der Waals surface area contributed by atoms with E-state index in [1.54, 1.807) is 19.4 Å². The number of hydrogen-bond acceptors (Lipinski definition) is 5. The summed E-state index contributed by atoms with van der Waals surface area (Å²) >= 11 is 5.97. The molecule has 0 radical (unpaired) electrons. The third-order valence-corrected chi connectivity index (χ3v) is 3.00. The molecule has 2 heterocycles. The molecule has 0 saturated carbocycles. The highest BCUT2D eigenvalue weighted by Gasteiger charge is 2.08. The fourth-order valence-electron chi connectivity index (χ4n) is 1.96. The number of ether oxygens (including phenoxy) is 2. The maximum absolute atomic E-state index is 5.97. The van der Waals surface area contributed by atoms with Gasteiger partial charge >= 0.3 is 0 Å². The zero-order valence-corrected chi connectivity index (χ0v) is 12.0. The molecule has 0 aliphatic rings. The first kappa shape index (κ1) is 13.7. The maximum atomic E-state index is 5.97. The molecule has 0 bridgehead atoms. The van der Waals surface area contributed by atoms with Crippen LogP contribution in [0.5, 0.6) is 11.6 Å². The van der Waals surface area contributed by atoms with Crippen LogP contribution in [0.1, 0.15) is 5.82 Å². The third kappa shape index (κ3) is 3.09. The molecule has 0 aliphatic carbocycles. The van der Waals surface area contributed by atoms with Crippen LogP contribution >= 0.6 is 11.6 Å². The maximum Gasteiger partial charge on any atom is 0.224 e. The lowest BCUT2D eigenvalue weighted by molar-refractivity contribution is 0.177.